The minimum atomic E-state index is 0. The van der Waals surface area contributed by atoms with Crippen molar-refractivity contribution in [2.75, 3.05) is 0 Å². The van der Waals surface area contributed by atoms with Crippen molar-refractivity contribution in [1.29, 1.82) is 0 Å². The maximum atomic E-state index is 6.65. The number of aromatic nitrogens is 2. The highest BCUT2D eigenvalue weighted by molar-refractivity contribution is 6.40. The van der Waals surface area contributed by atoms with Crippen molar-refractivity contribution in [2.45, 2.75) is 58.9 Å². The first-order chi connectivity index (χ1) is 12.7. The Morgan fingerprint density at radius 3 is 2.41 bits per heavy atom. The number of hydrogen-bond donors (Lipinski definition) is 0. The monoisotopic (exact) mass is 468 g/mol. The van der Waals surface area contributed by atoms with E-state index in [1.54, 1.807) is 0 Å². The fraction of sp³-hybridized carbons (Fsp3) is 0.409. The Balaban J connectivity index is 0.00000261. The van der Waals surface area contributed by atoms with Crippen molar-refractivity contribution in [3.05, 3.63) is 58.6 Å². The summed E-state index contributed by atoms with van der Waals surface area (Å²) in [5.41, 5.74) is 2.41. The molecule has 0 aliphatic carbocycles. The molecule has 5 heteroatoms. The molecule has 0 fully saturated rings. The van der Waals surface area contributed by atoms with Gasteiger partial charge in [-0.1, -0.05) is 69.5 Å². The molecule has 0 bridgehead atoms. The van der Waals surface area contributed by atoms with Gasteiger partial charge in [0, 0.05) is 5.39 Å². The van der Waals surface area contributed by atoms with Crippen molar-refractivity contribution >= 4 is 34.0 Å². The maximum absolute atomic E-state index is 6.65. The van der Waals surface area contributed by atoms with Crippen LogP contribution in [-0.4, -0.2) is 4.57 Å². The fourth-order valence-electron chi connectivity index (χ4n) is 3.53. The lowest BCUT2D eigenvalue weighted by Crippen LogP contribution is -3.00. The van der Waals surface area contributed by atoms with Crippen molar-refractivity contribution in [3.8, 4) is 5.69 Å². The van der Waals surface area contributed by atoms with Crippen LogP contribution in [0.15, 0.2) is 42.7 Å². The molecule has 3 aromatic rings. The van der Waals surface area contributed by atoms with E-state index in [1.807, 2.05) is 0 Å². The summed E-state index contributed by atoms with van der Waals surface area (Å²) in [6, 6.07) is 12.8. The minimum Gasteiger partial charge on any atom is -1.00 e. The largest absolute Gasteiger partial charge is 1.00 e. The average Bonchev–Trinajstić information content (AvgIpc) is 2.95. The zero-order valence-corrected chi connectivity index (χ0v) is 19.1. The lowest BCUT2D eigenvalue weighted by atomic mass is 10.0. The van der Waals surface area contributed by atoms with Gasteiger partial charge >= 0.3 is 0 Å². The summed E-state index contributed by atoms with van der Waals surface area (Å²) < 4.78 is 4.13. The molecule has 0 saturated carbocycles. The van der Waals surface area contributed by atoms with E-state index < -0.39 is 0 Å². The summed E-state index contributed by atoms with van der Waals surface area (Å²) in [5.74, 6) is 0. The van der Waals surface area contributed by atoms with Gasteiger partial charge in [-0.05, 0) is 53.4 Å². The van der Waals surface area contributed by atoms with Crippen LogP contribution >= 0.6 is 23.2 Å². The van der Waals surface area contributed by atoms with Gasteiger partial charge in [-0.3, -0.25) is 0 Å². The van der Waals surface area contributed by atoms with Crippen LogP contribution in [0.25, 0.3) is 16.5 Å². The third-order valence-corrected chi connectivity index (χ3v) is 5.85. The van der Waals surface area contributed by atoms with Crippen LogP contribution in [0.5, 0.6) is 0 Å². The van der Waals surface area contributed by atoms with Gasteiger partial charge in [0.25, 0.3) is 16.6 Å². The molecule has 0 spiro atoms. The topological polar surface area (TPSA) is 8.81 Å². The summed E-state index contributed by atoms with van der Waals surface area (Å²) in [4.78, 5) is 0. The number of fused-ring (bicyclic) bond motifs is 1. The van der Waals surface area contributed by atoms with E-state index in [0.29, 0.717) is 10.3 Å². The van der Waals surface area contributed by atoms with E-state index >= 15 is 0 Å². The van der Waals surface area contributed by atoms with Gasteiger partial charge in [-0.15, -0.1) is 0 Å². The highest BCUT2D eigenvalue weighted by Crippen LogP contribution is 2.31. The van der Waals surface area contributed by atoms with Gasteiger partial charge in [-0.25, -0.2) is 4.57 Å². The number of unbranched alkanes of at least 4 members (excludes halogenated alkanes) is 4. The molecule has 146 valence electrons. The zero-order valence-electron chi connectivity index (χ0n) is 16.0. The van der Waals surface area contributed by atoms with Crippen LogP contribution in [-0.2, 0) is 13.0 Å². The number of halogens is 3. The second-order valence-corrected chi connectivity index (χ2v) is 7.54. The first-order valence-corrected chi connectivity index (χ1v) is 10.4. The van der Waals surface area contributed by atoms with E-state index in [1.165, 1.54) is 42.0 Å². The first kappa shape index (κ1) is 22.3. The van der Waals surface area contributed by atoms with E-state index in [0.717, 1.165) is 25.1 Å². The molecule has 0 radical (unpaired) electrons. The number of benzene rings is 2. The van der Waals surface area contributed by atoms with Crippen molar-refractivity contribution in [1.82, 2.24) is 4.57 Å². The second-order valence-electron chi connectivity index (χ2n) is 6.82. The molecule has 1 aromatic heterocycles. The van der Waals surface area contributed by atoms with Crippen molar-refractivity contribution in [3.63, 3.8) is 0 Å². The molecular formula is C22H27BrCl2N2. The smallest absolute Gasteiger partial charge is 0.260 e. The normalized spacial score (nSPS) is 11.0. The lowest BCUT2D eigenvalue weighted by Gasteiger charge is -2.09. The first-order valence-electron chi connectivity index (χ1n) is 9.64. The second kappa shape index (κ2) is 10.5. The predicted octanol–water partition coefficient (Wildman–Crippen LogP) is 3.76. The van der Waals surface area contributed by atoms with Gasteiger partial charge in [0.1, 0.15) is 5.69 Å². The third-order valence-electron chi connectivity index (χ3n) is 5.00. The van der Waals surface area contributed by atoms with Crippen LogP contribution in [0, 0.1) is 0 Å². The Bertz CT molecular complexity index is 889. The Hall–Kier alpha value is -1.03. The molecule has 2 nitrogen and oxygen atoms in total. The summed E-state index contributed by atoms with van der Waals surface area (Å²) in [7, 11) is 0. The summed E-state index contributed by atoms with van der Waals surface area (Å²) in [5, 5.41) is 3.63. The van der Waals surface area contributed by atoms with Gasteiger partial charge in [0.2, 0.25) is 0 Å². The molecular weight excluding hydrogens is 443 g/mol. The Labute approximate surface area is 182 Å². The Morgan fingerprint density at radius 2 is 1.67 bits per heavy atom. The minimum absolute atomic E-state index is 0. The van der Waals surface area contributed by atoms with Crippen LogP contribution in [0.1, 0.15) is 51.5 Å². The number of nitrogens with zero attached hydrogens (tertiary/aromatic N) is 2. The number of aryl methyl sites for hydroxylation is 2. The van der Waals surface area contributed by atoms with E-state index in [2.05, 4.69) is 65.7 Å². The highest BCUT2D eigenvalue weighted by Gasteiger charge is 2.24. The van der Waals surface area contributed by atoms with Gasteiger partial charge < -0.3 is 17.0 Å². The average molecular weight is 470 g/mol. The van der Waals surface area contributed by atoms with E-state index in [-0.39, 0.29) is 17.0 Å². The van der Waals surface area contributed by atoms with Crippen LogP contribution in [0.3, 0.4) is 0 Å². The molecule has 0 saturated heterocycles. The molecule has 1 heterocycles. The standard InChI is InChI=1S/C22H27Cl2N2.BrH/c1-3-5-6-7-10-15-25-16-26(22(24)21(25)23)20-17(4-2)13-14-18-11-8-9-12-19(18)20;/h8-9,11-14,16H,3-7,10,15H2,1-2H3;1H/q+1;/p-1. The van der Waals surface area contributed by atoms with Gasteiger partial charge in [-0.2, -0.15) is 4.57 Å². The zero-order chi connectivity index (χ0) is 18.5. The van der Waals surface area contributed by atoms with E-state index in [4.69, 9.17) is 23.2 Å². The number of hydrogen-bond acceptors (Lipinski definition) is 0. The highest BCUT2D eigenvalue weighted by atomic mass is 79.9. The van der Waals surface area contributed by atoms with Crippen molar-refractivity contribution < 1.29 is 21.5 Å². The number of rotatable bonds is 8. The fourth-order valence-corrected chi connectivity index (χ4v) is 3.98. The lowest BCUT2D eigenvalue weighted by molar-refractivity contribution is -0.694. The van der Waals surface area contributed by atoms with Gasteiger partial charge in [0.15, 0.2) is 0 Å². The van der Waals surface area contributed by atoms with Crippen LogP contribution in [0.4, 0.5) is 0 Å². The predicted molar refractivity (Wildman–Crippen MR) is 112 cm³/mol. The summed E-state index contributed by atoms with van der Waals surface area (Å²) >= 11 is 13.2. The van der Waals surface area contributed by atoms with E-state index in [9.17, 15) is 0 Å². The Morgan fingerprint density at radius 1 is 0.926 bits per heavy atom. The SMILES string of the molecule is CCCCCCC[n+]1cn(-c2c(CC)ccc3ccccc23)c(Cl)c1Cl.[Br-]. The number of imidazole rings is 1. The molecule has 0 aliphatic rings. The summed E-state index contributed by atoms with van der Waals surface area (Å²) in [6.45, 7) is 5.32. The third kappa shape index (κ3) is 4.88. The quantitative estimate of drug-likeness (QED) is 0.350. The summed E-state index contributed by atoms with van der Waals surface area (Å²) in [6.07, 6.45) is 9.21. The molecule has 0 atom stereocenters. The van der Waals surface area contributed by atoms with Crippen LogP contribution < -0.4 is 21.5 Å². The molecule has 27 heavy (non-hydrogen) atoms. The van der Waals surface area contributed by atoms with Gasteiger partial charge in [0.05, 0.1) is 6.54 Å². The molecule has 3 rings (SSSR count). The molecule has 2 aromatic carbocycles. The Kier molecular flexibility index (Phi) is 8.65. The molecule has 0 aliphatic heterocycles. The molecule has 0 N–H and O–H groups in total. The van der Waals surface area contributed by atoms with Crippen molar-refractivity contribution in [2.24, 2.45) is 0 Å². The molecule has 0 unspecified atom stereocenters. The van der Waals surface area contributed by atoms with Crippen LogP contribution in [0.2, 0.25) is 10.3 Å². The maximum Gasteiger partial charge on any atom is 0.260 e. The molecule has 0 amide bonds.